The topological polar surface area (TPSA) is 104 Å². The largest absolute Gasteiger partial charge is 0.497 e. The number of nitrogens with one attached hydrogen (secondary N) is 1. The molecule has 2 aromatic heterocycles. The van der Waals surface area contributed by atoms with Crippen LogP contribution >= 0.6 is 23.1 Å². The number of methoxy groups -OCH3 is 2. The number of para-hydroxylation sites is 1. The molecular formula is C23H22N4O5S2. The monoisotopic (exact) mass is 498 g/mol. The molecule has 34 heavy (non-hydrogen) atoms. The highest BCUT2D eigenvalue weighted by Crippen LogP contribution is 2.29. The summed E-state index contributed by atoms with van der Waals surface area (Å²) in [5.41, 5.74) is -0.0994. The van der Waals surface area contributed by atoms with Crippen molar-refractivity contribution in [2.75, 3.05) is 25.3 Å². The molecule has 4 aromatic rings. The summed E-state index contributed by atoms with van der Waals surface area (Å²) in [6.45, 7) is 1.63. The van der Waals surface area contributed by atoms with Gasteiger partial charge in [0.25, 0.3) is 5.56 Å². The second kappa shape index (κ2) is 10.1. The summed E-state index contributed by atoms with van der Waals surface area (Å²) < 4.78 is 13.8. The zero-order chi connectivity index (χ0) is 24.2. The first-order valence-electron chi connectivity index (χ1n) is 10.3. The number of ether oxygens (including phenoxy) is 2. The molecule has 1 N–H and O–H groups in total. The number of amides is 1. The van der Waals surface area contributed by atoms with Gasteiger partial charge in [-0.2, -0.15) is 0 Å². The van der Waals surface area contributed by atoms with Gasteiger partial charge in [0, 0.05) is 6.07 Å². The van der Waals surface area contributed by atoms with Crippen LogP contribution in [0, 0.1) is 0 Å². The van der Waals surface area contributed by atoms with Gasteiger partial charge in [-0.05, 0) is 30.0 Å². The van der Waals surface area contributed by atoms with Crippen LogP contribution in [0.2, 0.25) is 0 Å². The average molecular weight is 499 g/mol. The van der Waals surface area contributed by atoms with Gasteiger partial charge in [0.2, 0.25) is 5.91 Å². The highest BCUT2D eigenvalue weighted by Gasteiger charge is 2.21. The molecule has 9 nitrogen and oxygen atoms in total. The van der Waals surface area contributed by atoms with Crippen LogP contribution < -0.4 is 26.0 Å². The van der Waals surface area contributed by atoms with Crippen molar-refractivity contribution in [3.05, 3.63) is 69.4 Å². The number of carbonyl (C=O) groups excluding carboxylic acids is 1. The van der Waals surface area contributed by atoms with Crippen LogP contribution in [0.1, 0.15) is 6.92 Å². The number of benzene rings is 2. The lowest BCUT2D eigenvalue weighted by Gasteiger charge is -2.14. The van der Waals surface area contributed by atoms with E-state index in [1.807, 2.05) is 6.92 Å². The van der Waals surface area contributed by atoms with Crippen LogP contribution in [-0.2, 0) is 11.3 Å². The fourth-order valence-electron chi connectivity index (χ4n) is 3.39. The van der Waals surface area contributed by atoms with Gasteiger partial charge in [-0.15, -0.1) is 11.3 Å². The molecular weight excluding hydrogens is 476 g/mol. The minimum absolute atomic E-state index is 0.191. The Labute approximate surface area is 203 Å². The molecule has 0 aliphatic rings. The van der Waals surface area contributed by atoms with E-state index in [1.165, 1.54) is 41.9 Å². The molecule has 0 fully saturated rings. The van der Waals surface area contributed by atoms with Gasteiger partial charge in [0.15, 0.2) is 9.99 Å². The van der Waals surface area contributed by atoms with Crippen molar-refractivity contribution < 1.29 is 14.3 Å². The SMILES string of the molecule is CCSc1nc2c(s1)c(=O)n(-c1ccccc1)c(=O)n2CC(=O)Nc1cc(OC)ccc1OC. The molecule has 2 heterocycles. The molecule has 0 saturated heterocycles. The van der Waals surface area contributed by atoms with E-state index in [4.69, 9.17) is 9.47 Å². The standard InChI is InChI=1S/C23H22N4O5S2/c1-4-33-22-25-20-19(34-22)21(29)27(14-8-6-5-7-9-14)23(30)26(20)13-18(28)24-16-12-15(31-2)10-11-17(16)32-3/h5-12H,4,13H2,1-3H3,(H,24,28). The molecule has 1 amide bonds. The number of thioether (sulfide) groups is 1. The Morgan fingerprint density at radius 1 is 1.12 bits per heavy atom. The molecule has 0 radical (unpaired) electrons. The lowest BCUT2D eigenvalue weighted by molar-refractivity contribution is -0.116. The minimum atomic E-state index is -0.644. The Balaban J connectivity index is 1.81. The summed E-state index contributed by atoms with van der Waals surface area (Å²) in [6.07, 6.45) is 0. The maximum absolute atomic E-state index is 13.4. The van der Waals surface area contributed by atoms with Crippen LogP contribution in [0.3, 0.4) is 0 Å². The molecule has 0 atom stereocenters. The number of rotatable bonds is 8. The van der Waals surface area contributed by atoms with Gasteiger partial charge in [-0.1, -0.05) is 36.9 Å². The van der Waals surface area contributed by atoms with Gasteiger partial charge >= 0.3 is 5.69 Å². The highest BCUT2D eigenvalue weighted by molar-refractivity contribution is 8.01. The Morgan fingerprint density at radius 2 is 1.88 bits per heavy atom. The molecule has 11 heteroatoms. The first-order valence-corrected chi connectivity index (χ1v) is 12.1. The predicted octanol–water partition coefficient (Wildman–Crippen LogP) is 3.38. The van der Waals surface area contributed by atoms with Crippen molar-refractivity contribution in [3.63, 3.8) is 0 Å². The molecule has 0 saturated carbocycles. The van der Waals surface area contributed by atoms with Gasteiger partial charge < -0.3 is 14.8 Å². The summed E-state index contributed by atoms with van der Waals surface area (Å²) in [6, 6.07) is 13.6. The quantitative estimate of drug-likeness (QED) is 0.371. The smallest absolute Gasteiger partial charge is 0.337 e. The highest BCUT2D eigenvalue weighted by atomic mass is 32.2. The number of hydrogen-bond donors (Lipinski definition) is 1. The molecule has 0 aliphatic heterocycles. The van der Waals surface area contributed by atoms with Crippen molar-refractivity contribution in [2.45, 2.75) is 17.8 Å². The third-order valence-electron chi connectivity index (χ3n) is 4.93. The molecule has 2 aromatic carbocycles. The summed E-state index contributed by atoms with van der Waals surface area (Å²) in [5.74, 6) is 1.25. The molecule has 0 bridgehead atoms. The number of nitrogens with zero attached hydrogens (tertiary/aromatic N) is 3. The molecule has 0 aliphatic carbocycles. The lowest BCUT2D eigenvalue weighted by Crippen LogP contribution is -2.40. The second-order valence-electron chi connectivity index (χ2n) is 7.02. The number of thiazole rings is 1. The van der Waals surface area contributed by atoms with Gasteiger partial charge in [0.05, 0.1) is 25.6 Å². The lowest BCUT2D eigenvalue weighted by atomic mass is 10.2. The number of anilines is 1. The first-order chi connectivity index (χ1) is 16.5. The maximum Gasteiger partial charge on any atom is 0.337 e. The normalized spacial score (nSPS) is 10.9. The summed E-state index contributed by atoms with van der Waals surface area (Å²) in [5, 5.41) is 2.76. The van der Waals surface area contributed by atoms with Crippen molar-refractivity contribution in [1.29, 1.82) is 0 Å². The third kappa shape index (κ3) is 4.57. The van der Waals surface area contributed by atoms with E-state index >= 15 is 0 Å². The van der Waals surface area contributed by atoms with Gasteiger partial charge in [-0.25, -0.2) is 14.3 Å². The van der Waals surface area contributed by atoms with E-state index in [-0.39, 0.29) is 12.2 Å². The summed E-state index contributed by atoms with van der Waals surface area (Å²) in [7, 11) is 3.01. The van der Waals surface area contributed by atoms with E-state index in [0.29, 0.717) is 31.9 Å². The Bertz CT molecular complexity index is 1460. The van der Waals surface area contributed by atoms with Crippen LogP contribution in [0.5, 0.6) is 11.5 Å². The Morgan fingerprint density at radius 3 is 2.56 bits per heavy atom. The second-order valence-corrected chi connectivity index (χ2v) is 9.53. The van der Waals surface area contributed by atoms with Crippen LogP contribution in [-0.4, -0.2) is 40.0 Å². The van der Waals surface area contributed by atoms with Crippen LogP contribution in [0.4, 0.5) is 5.69 Å². The van der Waals surface area contributed by atoms with Crippen molar-refractivity contribution in [2.24, 2.45) is 0 Å². The van der Waals surface area contributed by atoms with Crippen molar-refractivity contribution >= 4 is 45.0 Å². The van der Waals surface area contributed by atoms with E-state index in [1.54, 1.807) is 48.5 Å². The number of hydrogen-bond acceptors (Lipinski definition) is 8. The Hall–Kier alpha value is -3.57. The van der Waals surface area contributed by atoms with Gasteiger partial charge in [0.1, 0.15) is 22.7 Å². The van der Waals surface area contributed by atoms with Crippen LogP contribution in [0.15, 0.2) is 62.5 Å². The van der Waals surface area contributed by atoms with E-state index in [9.17, 15) is 14.4 Å². The fourth-order valence-corrected chi connectivity index (χ4v) is 5.36. The number of aromatic nitrogens is 3. The van der Waals surface area contributed by atoms with Gasteiger partial charge in [-0.3, -0.25) is 14.2 Å². The predicted molar refractivity (Wildman–Crippen MR) is 134 cm³/mol. The number of carbonyl (C=O) groups is 1. The van der Waals surface area contributed by atoms with Crippen molar-refractivity contribution in [3.8, 4) is 17.2 Å². The maximum atomic E-state index is 13.4. The minimum Gasteiger partial charge on any atom is -0.497 e. The molecule has 176 valence electrons. The third-order valence-corrected chi connectivity index (χ3v) is 6.99. The zero-order valence-corrected chi connectivity index (χ0v) is 20.4. The summed E-state index contributed by atoms with van der Waals surface area (Å²) >= 11 is 2.68. The van der Waals surface area contributed by atoms with E-state index in [0.717, 1.165) is 10.3 Å². The van der Waals surface area contributed by atoms with E-state index in [2.05, 4.69) is 10.3 Å². The molecule has 4 rings (SSSR count). The van der Waals surface area contributed by atoms with Crippen LogP contribution in [0.25, 0.3) is 16.0 Å². The zero-order valence-electron chi connectivity index (χ0n) is 18.7. The average Bonchev–Trinajstić information content (AvgIpc) is 3.27. The Kier molecular flexibility index (Phi) is 7.03. The van der Waals surface area contributed by atoms with Crippen molar-refractivity contribution in [1.82, 2.24) is 14.1 Å². The molecule has 0 spiro atoms. The first kappa shape index (κ1) is 23.6. The summed E-state index contributed by atoms with van der Waals surface area (Å²) in [4.78, 5) is 44.2. The number of fused-ring (bicyclic) bond motifs is 1. The fraction of sp³-hybridized carbons (Fsp3) is 0.217. The van der Waals surface area contributed by atoms with E-state index < -0.39 is 17.2 Å². The molecule has 0 unspecified atom stereocenters.